The average molecular weight is 308 g/mol. The number of amides is 1. The molecule has 1 aromatic rings. The van der Waals surface area contributed by atoms with Gasteiger partial charge >= 0.3 is 5.97 Å². The Labute approximate surface area is 131 Å². The number of carbonyl (C=O) groups excluding carboxylic acids is 2. The van der Waals surface area contributed by atoms with Gasteiger partial charge in [-0.25, -0.2) is 4.79 Å². The van der Waals surface area contributed by atoms with Crippen LogP contribution in [-0.4, -0.2) is 55.0 Å². The van der Waals surface area contributed by atoms with Gasteiger partial charge in [-0.1, -0.05) is 20.8 Å². The Morgan fingerprint density at radius 1 is 1.18 bits per heavy atom. The van der Waals surface area contributed by atoms with Gasteiger partial charge in [-0.15, -0.1) is 0 Å². The zero-order chi connectivity index (χ0) is 16.3. The fraction of sp³-hybridized carbons (Fsp3) is 0.625. The average Bonchev–Trinajstić information content (AvgIpc) is 2.94. The zero-order valence-electron chi connectivity index (χ0n) is 13.7. The van der Waals surface area contributed by atoms with Crippen molar-refractivity contribution in [2.45, 2.75) is 27.3 Å². The van der Waals surface area contributed by atoms with E-state index in [0.29, 0.717) is 6.54 Å². The standard InChI is InChI=1S/C16H24N2O4/c1-16(2,3)15(20)18-9-7-17(8-10-18)11-12-5-6-13(22-12)14(19)21-4/h5-6H,7-11H2,1-4H3. The highest BCUT2D eigenvalue weighted by atomic mass is 16.5. The Kier molecular flexibility index (Phi) is 4.90. The van der Waals surface area contributed by atoms with Crippen LogP contribution in [0.5, 0.6) is 0 Å². The first kappa shape index (κ1) is 16.5. The molecule has 6 nitrogen and oxygen atoms in total. The summed E-state index contributed by atoms with van der Waals surface area (Å²) in [6.07, 6.45) is 0. The van der Waals surface area contributed by atoms with E-state index in [-0.39, 0.29) is 17.1 Å². The Bertz CT molecular complexity index is 537. The van der Waals surface area contributed by atoms with E-state index in [1.54, 1.807) is 12.1 Å². The molecular weight excluding hydrogens is 284 g/mol. The molecule has 0 atom stereocenters. The van der Waals surface area contributed by atoms with E-state index in [9.17, 15) is 9.59 Å². The van der Waals surface area contributed by atoms with Crippen molar-refractivity contribution in [3.8, 4) is 0 Å². The second kappa shape index (κ2) is 6.52. The number of methoxy groups -OCH3 is 1. The highest BCUT2D eigenvalue weighted by Crippen LogP contribution is 2.19. The van der Waals surface area contributed by atoms with Crippen molar-refractivity contribution in [3.05, 3.63) is 23.7 Å². The van der Waals surface area contributed by atoms with Crippen molar-refractivity contribution in [1.82, 2.24) is 9.80 Å². The molecule has 1 fully saturated rings. The van der Waals surface area contributed by atoms with Gasteiger partial charge in [-0.2, -0.15) is 0 Å². The molecule has 0 bridgehead atoms. The maximum atomic E-state index is 12.2. The molecule has 2 heterocycles. The van der Waals surface area contributed by atoms with Gasteiger partial charge in [0.25, 0.3) is 0 Å². The van der Waals surface area contributed by atoms with Crippen LogP contribution in [0.4, 0.5) is 0 Å². The highest BCUT2D eigenvalue weighted by molar-refractivity contribution is 5.86. The molecule has 122 valence electrons. The summed E-state index contributed by atoms with van der Waals surface area (Å²) in [6.45, 7) is 9.51. The molecular formula is C16H24N2O4. The maximum Gasteiger partial charge on any atom is 0.373 e. The fourth-order valence-electron chi connectivity index (χ4n) is 2.48. The number of carbonyl (C=O) groups is 2. The topological polar surface area (TPSA) is 63.0 Å². The van der Waals surface area contributed by atoms with Gasteiger partial charge in [0.15, 0.2) is 0 Å². The predicted molar refractivity (Wildman–Crippen MR) is 81.4 cm³/mol. The van der Waals surface area contributed by atoms with Crippen LogP contribution in [0.3, 0.4) is 0 Å². The first-order valence-corrected chi connectivity index (χ1v) is 7.50. The highest BCUT2D eigenvalue weighted by Gasteiger charge is 2.29. The van der Waals surface area contributed by atoms with Crippen molar-refractivity contribution in [2.24, 2.45) is 5.41 Å². The van der Waals surface area contributed by atoms with E-state index >= 15 is 0 Å². The lowest BCUT2D eigenvalue weighted by molar-refractivity contribution is -0.141. The van der Waals surface area contributed by atoms with Gasteiger partial charge in [-0.05, 0) is 12.1 Å². The van der Waals surface area contributed by atoms with Crippen LogP contribution >= 0.6 is 0 Å². The summed E-state index contributed by atoms with van der Waals surface area (Å²) >= 11 is 0. The molecule has 1 saturated heterocycles. The normalized spacial score (nSPS) is 16.6. The molecule has 1 aliphatic heterocycles. The summed E-state index contributed by atoms with van der Waals surface area (Å²) in [5, 5.41) is 0. The first-order valence-electron chi connectivity index (χ1n) is 7.50. The lowest BCUT2D eigenvalue weighted by Crippen LogP contribution is -2.51. The molecule has 6 heteroatoms. The molecule has 0 spiro atoms. The Hall–Kier alpha value is -1.82. The lowest BCUT2D eigenvalue weighted by atomic mass is 9.94. The van der Waals surface area contributed by atoms with Crippen LogP contribution in [0.25, 0.3) is 0 Å². The number of hydrogen-bond donors (Lipinski definition) is 0. The second-order valence-corrected chi connectivity index (χ2v) is 6.58. The Balaban J connectivity index is 1.86. The number of furan rings is 1. The molecule has 0 radical (unpaired) electrons. The molecule has 1 amide bonds. The number of hydrogen-bond acceptors (Lipinski definition) is 5. The SMILES string of the molecule is COC(=O)c1ccc(CN2CCN(C(=O)C(C)(C)C)CC2)o1. The van der Waals surface area contributed by atoms with Crippen molar-refractivity contribution in [2.75, 3.05) is 33.3 Å². The van der Waals surface area contributed by atoms with E-state index in [1.165, 1.54) is 7.11 Å². The van der Waals surface area contributed by atoms with E-state index in [4.69, 9.17) is 4.42 Å². The third-order valence-electron chi connectivity index (χ3n) is 3.73. The summed E-state index contributed by atoms with van der Waals surface area (Å²) in [7, 11) is 1.33. The van der Waals surface area contributed by atoms with E-state index < -0.39 is 5.97 Å². The molecule has 0 aromatic carbocycles. The van der Waals surface area contributed by atoms with E-state index in [0.717, 1.165) is 31.9 Å². The molecule has 22 heavy (non-hydrogen) atoms. The summed E-state index contributed by atoms with van der Waals surface area (Å²) in [5.74, 6) is 0.681. The van der Waals surface area contributed by atoms with Crippen molar-refractivity contribution < 1.29 is 18.7 Å². The van der Waals surface area contributed by atoms with Gasteiger partial charge in [0.2, 0.25) is 11.7 Å². The summed E-state index contributed by atoms with van der Waals surface area (Å²) in [6, 6.07) is 3.42. The van der Waals surface area contributed by atoms with Crippen LogP contribution in [0.15, 0.2) is 16.5 Å². The Morgan fingerprint density at radius 2 is 1.82 bits per heavy atom. The first-order chi connectivity index (χ1) is 10.3. The number of ether oxygens (including phenoxy) is 1. The molecule has 0 aliphatic carbocycles. The van der Waals surface area contributed by atoms with Crippen LogP contribution in [0.2, 0.25) is 0 Å². The number of rotatable bonds is 3. The Morgan fingerprint density at radius 3 is 2.36 bits per heavy atom. The van der Waals surface area contributed by atoms with Crippen molar-refractivity contribution in [1.29, 1.82) is 0 Å². The van der Waals surface area contributed by atoms with Gasteiger partial charge in [-0.3, -0.25) is 9.69 Å². The molecule has 0 saturated carbocycles. The largest absolute Gasteiger partial charge is 0.463 e. The van der Waals surface area contributed by atoms with Crippen molar-refractivity contribution >= 4 is 11.9 Å². The molecule has 0 N–H and O–H groups in total. The predicted octanol–water partition coefficient (Wildman–Crippen LogP) is 1.76. The number of esters is 1. The van der Waals surface area contributed by atoms with Gasteiger partial charge in [0.1, 0.15) is 5.76 Å². The third kappa shape index (κ3) is 3.88. The summed E-state index contributed by atoms with van der Waals surface area (Å²) in [5.41, 5.74) is -0.335. The maximum absolute atomic E-state index is 12.2. The van der Waals surface area contributed by atoms with E-state index in [2.05, 4.69) is 9.64 Å². The molecule has 2 rings (SSSR count). The quantitative estimate of drug-likeness (QED) is 0.796. The summed E-state index contributed by atoms with van der Waals surface area (Å²) < 4.78 is 10.1. The van der Waals surface area contributed by atoms with Crippen LogP contribution in [0, 0.1) is 5.41 Å². The van der Waals surface area contributed by atoms with Gasteiger partial charge in [0, 0.05) is 31.6 Å². The number of nitrogens with zero attached hydrogens (tertiary/aromatic N) is 2. The lowest BCUT2D eigenvalue weighted by Gasteiger charge is -2.37. The van der Waals surface area contributed by atoms with Crippen LogP contribution in [0.1, 0.15) is 37.1 Å². The molecule has 1 aliphatic rings. The number of piperazine rings is 1. The zero-order valence-corrected chi connectivity index (χ0v) is 13.7. The van der Waals surface area contributed by atoms with Crippen LogP contribution < -0.4 is 0 Å². The van der Waals surface area contributed by atoms with Crippen molar-refractivity contribution in [3.63, 3.8) is 0 Å². The van der Waals surface area contributed by atoms with E-state index in [1.807, 2.05) is 25.7 Å². The smallest absolute Gasteiger partial charge is 0.373 e. The van der Waals surface area contributed by atoms with Crippen LogP contribution in [-0.2, 0) is 16.1 Å². The minimum absolute atomic E-state index is 0.193. The second-order valence-electron chi connectivity index (χ2n) is 6.58. The molecule has 0 unspecified atom stereocenters. The fourth-order valence-corrected chi connectivity index (χ4v) is 2.48. The third-order valence-corrected chi connectivity index (χ3v) is 3.73. The monoisotopic (exact) mass is 308 g/mol. The van der Waals surface area contributed by atoms with Gasteiger partial charge < -0.3 is 14.1 Å². The minimum atomic E-state index is -0.466. The van der Waals surface area contributed by atoms with Gasteiger partial charge in [0.05, 0.1) is 13.7 Å². The minimum Gasteiger partial charge on any atom is -0.463 e. The molecule has 1 aromatic heterocycles. The summed E-state index contributed by atoms with van der Waals surface area (Å²) in [4.78, 5) is 27.7.